The number of carboxylic acid groups (broad SMARTS) is 2. The van der Waals surface area contributed by atoms with E-state index in [1.165, 1.54) is 73.8 Å². The first kappa shape index (κ1) is 47.2. The summed E-state index contributed by atoms with van der Waals surface area (Å²) in [5.74, 6) is -3.84. The third-order valence-electron chi connectivity index (χ3n) is 8.65. The number of methoxy groups -OCH3 is 1. The predicted molar refractivity (Wildman–Crippen MR) is 228 cm³/mol. The van der Waals surface area contributed by atoms with E-state index < -0.39 is 79.8 Å². The van der Waals surface area contributed by atoms with Crippen molar-refractivity contribution in [2.45, 2.75) is 14.7 Å². The lowest BCUT2D eigenvalue weighted by atomic mass is 10.1. The van der Waals surface area contributed by atoms with E-state index in [0.717, 1.165) is 16.8 Å². The molecule has 0 saturated carbocycles. The van der Waals surface area contributed by atoms with Gasteiger partial charge in [0.15, 0.2) is 16.8 Å². The van der Waals surface area contributed by atoms with Crippen molar-refractivity contribution < 1.29 is 75.6 Å². The number of nitrogens with zero attached hydrogens (tertiary/aromatic N) is 8. The minimum atomic E-state index is -4.99. The smallest absolute Gasteiger partial charge is 0.358 e. The molecule has 0 saturated heterocycles. The Hall–Kier alpha value is -7.24. The summed E-state index contributed by atoms with van der Waals surface area (Å²) >= 11 is -2.22. The molecule has 1 unspecified atom stereocenters. The SMILES string of the molecule is COc1ccc(N=Nc2cc(OCCO)c(N=Nc3cc4cc(-n5nc(C(=O)O)c(N=Nc6ccc(SO)cc6C(=O)O)c5O)ccc4cc3S(=O)(=O)O)cc2OCCO)c(S(=O)O)c1. The summed E-state index contributed by atoms with van der Waals surface area (Å²) in [5, 5.41) is 78.0. The van der Waals surface area contributed by atoms with Crippen LogP contribution < -0.4 is 14.2 Å². The first-order valence-corrected chi connectivity index (χ1v) is 21.4. The minimum absolute atomic E-state index is 0.000833. The highest BCUT2D eigenvalue weighted by molar-refractivity contribution is 7.93. The van der Waals surface area contributed by atoms with Crippen LogP contribution in [0.4, 0.5) is 34.1 Å². The van der Waals surface area contributed by atoms with Gasteiger partial charge in [0, 0.05) is 35.1 Å². The molecule has 5 aromatic carbocycles. The van der Waals surface area contributed by atoms with Crippen molar-refractivity contribution in [2.75, 3.05) is 33.5 Å². The normalized spacial score (nSPS) is 12.4. The Morgan fingerprint density at radius 2 is 1.37 bits per heavy atom. The number of hydrogen-bond donors (Lipinski definition) is 8. The van der Waals surface area contributed by atoms with Crippen molar-refractivity contribution in [3.63, 3.8) is 0 Å². The average Bonchev–Trinajstić information content (AvgIpc) is 3.62. The number of aromatic carboxylic acids is 2. The monoisotopic (exact) mass is 952 g/mol. The summed E-state index contributed by atoms with van der Waals surface area (Å²) < 4.78 is 83.8. The van der Waals surface area contributed by atoms with Gasteiger partial charge in [-0.3, -0.25) is 4.55 Å². The maximum Gasteiger partial charge on any atom is 0.358 e. The van der Waals surface area contributed by atoms with E-state index in [1.807, 2.05) is 0 Å². The number of aromatic nitrogens is 2. The van der Waals surface area contributed by atoms with Gasteiger partial charge in [0.05, 0.1) is 36.5 Å². The molecule has 0 aliphatic rings. The van der Waals surface area contributed by atoms with E-state index in [4.69, 9.17) is 14.2 Å². The van der Waals surface area contributed by atoms with E-state index in [-0.39, 0.29) is 91.5 Å². The van der Waals surface area contributed by atoms with Gasteiger partial charge in [-0.25, -0.2) is 13.8 Å². The molecule has 8 N–H and O–H groups in total. The molecule has 0 fully saturated rings. The molecule has 24 nitrogen and oxygen atoms in total. The van der Waals surface area contributed by atoms with Crippen LogP contribution in [-0.2, 0) is 21.2 Å². The molecule has 0 amide bonds. The topological polar surface area (TPSA) is 367 Å². The zero-order valence-corrected chi connectivity index (χ0v) is 35.4. The molecular weight excluding hydrogens is 921 g/mol. The third kappa shape index (κ3) is 10.9. The Labute approximate surface area is 372 Å². The van der Waals surface area contributed by atoms with Crippen LogP contribution in [0.2, 0.25) is 0 Å². The summed E-state index contributed by atoms with van der Waals surface area (Å²) in [4.78, 5) is 23.3. The lowest BCUT2D eigenvalue weighted by molar-refractivity contribution is 0.0682. The highest BCUT2D eigenvalue weighted by Gasteiger charge is 2.25. The Morgan fingerprint density at radius 1 is 0.754 bits per heavy atom. The molecule has 0 aliphatic heterocycles. The highest BCUT2D eigenvalue weighted by atomic mass is 32.2. The van der Waals surface area contributed by atoms with Crippen molar-refractivity contribution in [3.05, 3.63) is 90.1 Å². The van der Waals surface area contributed by atoms with Crippen molar-refractivity contribution >= 4 is 90.1 Å². The number of aromatic hydroxyl groups is 1. The molecule has 0 spiro atoms. The van der Waals surface area contributed by atoms with Gasteiger partial charge in [0.25, 0.3) is 10.1 Å². The largest absolute Gasteiger partial charge is 0.497 e. The number of ether oxygens (including phenoxy) is 3. The zero-order valence-electron chi connectivity index (χ0n) is 33.0. The maximum atomic E-state index is 12.6. The number of fused-ring (bicyclic) bond motifs is 1. The number of aliphatic hydroxyl groups is 2. The second kappa shape index (κ2) is 20.5. The molecule has 1 atom stereocenters. The third-order valence-corrected chi connectivity index (χ3v) is 10.7. The molecular formula is C38H32N8O16S3. The lowest BCUT2D eigenvalue weighted by Gasteiger charge is -2.13. The van der Waals surface area contributed by atoms with Crippen LogP contribution in [0.25, 0.3) is 16.5 Å². The van der Waals surface area contributed by atoms with Crippen LogP contribution in [0.5, 0.6) is 23.1 Å². The second-order valence-corrected chi connectivity index (χ2v) is 15.7. The van der Waals surface area contributed by atoms with E-state index in [2.05, 4.69) is 35.8 Å². The summed E-state index contributed by atoms with van der Waals surface area (Å²) in [7, 11) is -3.63. The fourth-order valence-corrected chi connectivity index (χ4v) is 7.16. The number of rotatable bonds is 19. The molecule has 0 bridgehead atoms. The Balaban J connectivity index is 1.43. The predicted octanol–water partition coefficient (Wildman–Crippen LogP) is 7.52. The molecule has 0 radical (unpaired) electrons. The summed E-state index contributed by atoms with van der Waals surface area (Å²) in [6.07, 6.45) is 0. The summed E-state index contributed by atoms with van der Waals surface area (Å²) in [6.45, 7) is -1.48. The van der Waals surface area contributed by atoms with Gasteiger partial charge in [-0.05, 0) is 65.4 Å². The molecule has 6 rings (SSSR count). The first-order chi connectivity index (χ1) is 31.1. The number of aliphatic hydroxyl groups excluding tert-OH is 2. The quantitative estimate of drug-likeness (QED) is 0.0168. The van der Waals surface area contributed by atoms with Gasteiger partial charge in [-0.2, -0.15) is 18.2 Å². The van der Waals surface area contributed by atoms with Crippen LogP contribution in [0.15, 0.2) is 124 Å². The fraction of sp³-hybridized carbons (Fsp3) is 0.132. The van der Waals surface area contributed by atoms with Crippen LogP contribution in [0.1, 0.15) is 20.8 Å². The molecule has 65 heavy (non-hydrogen) atoms. The Morgan fingerprint density at radius 3 is 1.94 bits per heavy atom. The van der Waals surface area contributed by atoms with Crippen LogP contribution in [0, 0.1) is 0 Å². The van der Waals surface area contributed by atoms with E-state index in [9.17, 15) is 61.4 Å². The number of benzene rings is 5. The average molecular weight is 953 g/mol. The van der Waals surface area contributed by atoms with Gasteiger partial charge in [0.1, 0.15) is 63.8 Å². The Bertz CT molecular complexity index is 3050. The van der Waals surface area contributed by atoms with Crippen molar-refractivity contribution in [3.8, 4) is 28.8 Å². The summed E-state index contributed by atoms with van der Waals surface area (Å²) in [5.41, 5.74) is -2.75. The molecule has 27 heteroatoms. The standard InChI is InChI=1S/C38H32N8O16S3/c1-60-22-4-6-26(32(15-22)64(55)56)40-41-27-17-31(62-11-9-48)28(18-30(27)61-10-8-47)42-43-29-13-20-12-21(3-2-19(20)14-33(29)65(57,58)59)46-36(49)34(35(45-46)38(52)53)44-39-25-7-5-23(63-54)16-24(25)37(50)51/h2-7,12-18,47-49,54H,8-11H2,1H3,(H,50,51)(H,52,53)(H,55,56)(H,57,58,59). The first-order valence-electron chi connectivity index (χ1n) is 18.1. The van der Waals surface area contributed by atoms with E-state index in [0.29, 0.717) is 0 Å². The van der Waals surface area contributed by atoms with Gasteiger partial charge >= 0.3 is 11.9 Å². The van der Waals surface area contributed by atoms with E-state index in [1.54, 1.807) is 0 Å². The fourth-order valence-electron chi connectivity index (χ4n) is 5.72. The van der Waals surface area contributed by atoms with E-state index >= 15 is 0 Å². The summed E-state index contributed by atoms with van der Waals surface area (Å²) in [6, 6.07) is 16.5. The van der Waals surface area contributed by atoms with Crippen LogP contribution in [-0.4, -0.2) is 107 Å². The molecule has 1 heterocycles. The van der Waals surface area contributed by atoms with Gasteiger partial charge in [-0.15, -0.1) is 30.7 Å². The van der Waals surface area contributed by atoms with Crippen LogP contribution in [0.3, 0.4) is 0 Å². The number of azo groups is 3. The van der Waals surface area contributed by atoms with Crippen molar-refractivity contribution in [2.24, 2.45) is 30.7 Å². The highest BCUT2D eigenvalue weighted by Crippen LogP contribution is 2.43. The van der Waals surface area contributed by atoms with Gasteiger partial charge in [0.2, 0.25) is 11.6 Å². The van der Waals surface area contributed by atoms with Crippen molar-refractivity contribution in [1.82, 2.24) is 9.78 Å². The number of hydrogen-bond acceptors (Lipinski definition) is 20. The number of carbonyl (C=O) groups is 2. The molecule has 338 valence electrons. The lowest BCUT2D eigenvalue weighted by Crippen LogP contribution is -2.04. The molecule has 0 aliphatic carbocycles. The number of carboxylic acids is 2. The second-order valence-electron chi connectivity index (χ2n) is 12.8. The van der Waals surface area contributed by atoms with Gasteiger partial charge < -0.3 is 48.8 Å². The maximum absolute atomic E-state index is 12.6. The van der Waals surface area contributed by atoms with Crippen LogP contribution >= 0.6 is 12.0 Å². The van der Waals surface area contributed by atoms with Crippen molar-refractivity contribution in [1.29, 1.82) is 0 Å². The van der Waals surface area contributed by atoms with Gasteiger partial charge in [-0.1, -0.05) is 6.07 Å². The Kier molecular flexibility index (Phi) is 14.9. The molecule has 6 aromatic rings. The zero-order chi connectivity index (χ0) is 47.0. The molecule has 1 aromatic heterocycles. The minimum Gasteiger partial charge on any atom is -0.497 e.